The molecule has 0 unspecified atom stereocenters. The van der Waals surface area contributed by atoms with E-state index in [0.717, 1.165) is 0 Å². The van der Waals surface area contributed by atoms with Crippen LogP contribution in [-0.2, 0) is 9.47 Å². The molecule has 0 bridgehead atoms. The second-order valence-corrected chi connectivity index (χ2v) is 8.51. The molecule has 0 aromatic heterocycles. The van der Waals surface area contributed by atoms with E-state index in [-0.39, 0.29) is 13.2 Å². The topological polar surface area (TPSA) is 153 Å². The van der Waals surface area contributed by atoms with Crippen molar-refractivity contribution in [3.05, 3.63) is 109 Å². The van der Waals surface area contributed by atoms with Crippen LogP contribution in [0.4, 0.5) is 41.9 Å². The summed E-state index contributed by atoms with van der Waals surface area (Å²) in [6, 6.07) is 30.8. The van der Waals surface area contributed by atoms with E-state index < -0.39 is 24.4 Å². The van der Waals surface area contributed by atoms with Gasteiger partial charge in [0.25, 0.3) is 0 Å². The van der Waals surface area contributed by atoms with Crippen molar-refractivity contribution >= 4 is 47.1 Å². The van der Waals surface area contributed by atoms with Crippen molar-refractivity contribution in [2.45, 2.75) is 13.8 Å². The smallest absolute Gasteiger partial charge is 0.417 e. The number of para-hydroxylation sites is 2. The Morgan fingerprint density at radius 1 is 0.455 bits per heavy atom. The highest BCUT2D eigenvalue weighted by molar-refractivity contribution is 5.88. The molecule has 12 heteroatoms. The molecule has 4 N–H and O–H groups in total. The molecule has 4 amide bonds. The SMILES string of the molecule is CCOC(=O)Nc1cccc(OC(=O)Nc2ccccc2)c1.CCOC(=O)Nc1cccc(OC(=O)Nc2ccccc2)c1. The number of hydrogen-bond donors (Lipinski definition) is 4. The second-order valence-electron chi connectivity index (χ2n) is 8.51. The van der Waals surface area contributed by atoms with E-state index >= 15 is 0 Å². The van der Waals surface area contributed by atoms with Crippen LogP contribution in [0.2, 0.25) is 0 Å². The largest absolute Gasteiger partial charge is 0.450 e. The van der Waals surface area contributed by atoms with E-state index in [1.807, 2.05) is 12.1 Å². The van der Waals surface area contributed by atoms with Crippen LogP contribution in [0.15, 0.2) is 109 Å². The molecule has 0 atom stereocenters. The first-order valence-electron chi connectivity index (χ1n) is 13.5. The molecule has 228 valence electrons. The van der Waals surface area contributed by atoms with Gasteiger partial charge in [-0.3, -0.25) is 21.3 Å². The van der Waals surface area contributed by atoms with Crippen molar-refractivity contribution in [2.24, 2.45) is 0 Å². The van der Waals surface area contributed by atoms with Gasteiger partial charge < -0.3 is 18.9 Å². The van der Waals surface area contributed by atoms with Gasteiger partial charge >= 0.3 is 24.4 Å². The van der Waals surface area contributed by atoms with Gasteiger partial charge in [-0.05, 0) is 62.4 Å². The fraction of sp³-hybridized carbons (Fsp3) is 0.125. The van der Waals surface area contributed by atoms with Crippen LogP contribution >= 0.6 is 0 Å². The van der Waals surface area contributed by atoms with Crippen molar-refractivity contribution in [1.29, 1.82) is 0 Å². The summed E-state index contributed by atoms with van der Waals surface area (Å²) >= 11 is 0. The van der Waals surface area contributed by atoms with E-state index in [1.54, 1.807) is 98.8 Å². The minimum absolute atomic E-state index is 0.279. The van der Waals surface area contributed by atoms with Gasteiger partial charge in [0.05, 0.1) is 13.2 Å². The highest BCUT2D eigenvalue weighted by atomic mass is 16.6. The van der Waals surface area contributed by atoms with Crippen LogP contribution in [0.25, 0.3) is 0 Å². The van der Waals surface area contributed by atoms with E-state index in [4.69, 9.17) is 18.9 Å². The molecule has 4 aromatic carbocycles. The fourth-order valence-electron chi connectivity index (χ4n) is 3.39. The van der Waals surface area contributed by atoms with Gasteiger partial charge in [-0.1, -0.05) is 48.5 Å². The maximum absolute atomic E-state index is 11.8. The maximum Gasteiger partial charge on any atom is 0.417 e. The number of carbonyl (C=O) groups excluding carboxylic acids is 4. The first-order valence-corrected chi connectivity index (χ1v) is 13.5. The molecular weight excluding hydrogens is 568 g/mol. The summed E-state index contributed by atoms with van der Waals surface area (Å²) in [5, 5.41) is 10.3. The average Bonchev–Trinajstić information content (AvgIpc) is 2.99. The van der Waals surface area contributed by atoms with Crippen molar-refractivity contribution in [1.82, 2.24) is 0 Å². The van der Waals surface area contributed by atoms with Gasteiger partial charge in [-0.25, -0.2) is 19.2 Å². The molecule has 0 aliphatic heterocycles. The molecule has 44 heavy (non-hydrogen) atoms. The maximum atomic E-state index is 11.8. The Labute approximate surface area is 254 Å². The van der Waals surface area contributed by atoms with Crippen LogP contribution < -0.4 is 30.7 Å². The van der Waals surface area contributed by atoms with Gasteiger partial charge in [-0.2, -0.15) is 0 Å². The number of ether oxygens (including phenoxy) is 4. The highest BCUT2D eigenvalue weighted by Crippen LogP contribution is 2.19. The molecule has 0 fully saturated rings. The van der Waals surface area contributed by atoms with Gasteiger partial charge in [-0.15, -0.1) is 0 Å². The van der Waals surface area contributed by atoms with Gasteiger partial charge in [0.2, 0.25) is 0 Å². The van der Waals surface area contributed by atoms with Crippen LogP contribution in [0.5, 0.6) is 11.5 Å². The Balaban J connectivity index is 0.000000240. The molecule has 0 aliphatic carbocycles. The summed E-state index contributed by atoms with van der Waals surface area (Å²) in [6.07, 6.45) is -2.35. The molecule has 0 heterocycles. The number of amides is 4. The molecule has 12 nitrogen and oxygen atoms in total. The lowest BCUT2D eigenvalue weighted by molar-refractivity contribution is 0.167. The number of rotatable bonds is 8. The third kappa shape index (κ3) is 12.2. The predicted molar refractivity (Wildman–Crippen MR) is 166 cm³/mol. The summed E-state index contributed by atoms with van der Waals surface area (Å²) in [7, 11) is 0. The number of nitrogens with one attached hydrogen (secondary N) is 4. The Bertz CT molecular complexity index is 1400. The third-order valence-corrected chi connectivity index (χ3v) is 5.17. The second kappa shape index (κ2) is 17.7. The first kappa shape index (κ1) is 32.5. The Kier molecular flexibility index (Phi) is 13.1. The zero-order valence-corrected chi connectivity index (χ0v) is 24.1. The Hall–Kier alpha value is -6.04. The molecule has 0 spiro atoms. The van der Waals surface area contributed by atoms with E-state index in [9.17, 15) is 19.2 Å². The molecule has 0 saturated heterocycles. The van der Waals surface area contributed by atoms with E-state index in [2.05, 4.69) is 21.3 Å². The lowest BCUT2D eigenvalue weighted by Crippen LogP contribution is -2.17. The lowest BCUT2D eigenvalue weighted by Gasteiger charge is -2.09. The van der Waals surface area contributed by atoms with Crippen molar-refractivity contribution in [3.63, 3.8) is 0 Å². The third-order valence-electron chi connectivity index (χ3n) is 5.17. The number of carbonyl (C=O) groups is 4. The van der Waals surface area contributed by atoms with Crippen LogP contribution in [0.1, 0.15) is 13.8 Å². The average molecular weight is 601 g/mol. The molecule has 4 aromatic rings. The predicted octanol–water partition coefficient (Wildman–Crippen LogP) is 7.73. The van der Waals surface area contributed by atoms with Gasteiger partial charge in [0.15, 0.2) is 0 Å². The zero-order valence-electron chi connectivity index (χ0n) is 24.1. The van der Waals surface area contributed by atoms with Crippen molar-refractivity contribution < 1.29 is 38.1 Å². The summed E-state index contributed by atoms with van der Waals surface area (Å²) < 4.78 is 19.9. The van der Waals surface area contributed by atoms with Crippen molar-refractivity contribution in [3.8, 4) is 11.5 Å². The number of hydrogen-bond acceptors (Lipinski definition) is 8. The normalized spacial score (nSPS) is 9.68. The van der Waals surface area contributed by atoms with Crippen LogP contribution in [0.3, 0.4) is 0 Å². The van der Waals surface area contributed by atoms with E-state index in [1.165, 1.54) is 12.1 Å². The Morgan fingerprint density at radius 3 is 1.16 bits per heavy atom. The molecule has 0 saturated carbocycles. The van der Waals surface area contributed by atoms with Gasteiger partial charge in [0.1, 0.15) is 11.5 Å². The van der Waals surface area contributed by atoms with Crippen LogP contribution in [-0.4, -0.2) is 37.6 Å². The van der Waals surface area contributed by atoms with Crippen molar-refractivity contribution in [2.75, 3.05) is 34.5 Å². The van der Waals surface area contributed by atoms with Gasteiger partial charge in [0, 0.05) is 34.9 Å². The summed E-state index contributed by atoms with van der Waals surface area (Å²) in [5.74, 6) is 0.616. The lowest BCUT2D eigenvalue weighted by atomic mass is 10.3. The molecular formula is C32H32N4O8. The number of benzene rings is 4. The standard InChI is InChI=1S/2C16H16N2O4/c2*1-2-21-15(19)18-13-9-6-10-14(11-13)22-16(20)17-12-7-4-3-5-8-12/h2*3-11H,2H2,1H3,(H,17,20)(H,18,19). The molecule has 0 radical (unpaired) electrons. The molecule has 4 rings (SSSR count). The number of anilines is 4. The van der Waals surface area contributed by atoms with Crippen LogP contribution in [0, 0.1) is 0 Å². The summed E-state index contributed by atoms with van der Waals surface area (Å²) in [5.41, 5.74) is 2.22. The Morgan fingerprint density at radius 2 is 0.795 bits per heavy atom. The minimum Gasteiger partial charge on any atom is -0.450 e. The quantitative estimate of drug-likeness (QED) is 0.160. The first-order chi connectivity index (χ1) is 21.3. The highest BCUT2D eigenvalue weighted by Gasteiger charge is 2.09. The fourth-order valence-corrected chi connectivity index (χ4v) is 3.39. The summed E-state index contributed by atoms with van der Waals surface area (Å²) in [4.78, 5) is 46.2. The minimum atomic E-state index is -0.612. The monoisotopic (exact) mass is 600 g/mol. The van der Waals surface area contributed by atoms with E-state index in [0.29, 0.717) is 34.2 Å². The summed E-state index contributed by atoms with van der Waals surface area (Å²) in [6.45, 7) is 3.99. The molecule has 0 aliphatic rings. The zero-order chi connectivity index (χ0) is 31.6.